The lowest BCUT2D eigenvalue weighted by Gasteiger charge is -2.20. The van der Waals surface area contributed by atoms with Gasteiger partial charge in [-0.3, -0.25) is 0 Å². The molecule has 8 aromatic rings. The van der Waals surface area contributed by atoms with Crippen LogP contribution in [0.3, 0.4) is 0 Å². The van der Waals surface area contributed by atoms with Crippen molar-refractivity contribution >= 4 is 38.3 Å². The molecule has 6 aromatic carbocycles. The third kappa shape index (κ3) is 4.28. The third-order valence-electron chi connectivity index (χ3n) is 9.48. The van der Waals surface area contributed by atoms with Crippen molar-refractivity contribution in [3.05, 3.63) is 163 Å². The first-order valence-electron chi connectivity index (χ1n) is 16.2. The van der Waals surface area contributed by atoms with Crippen LogP contribution in [-0.4, -0.2) is 21.1 Å². The van der Waals surface area contributed by atoms with Crippen LogP contribution in [0.25, 0.3) is 72.4 Å². The molecule has 2 aromatic heterocycles. The summed E-state index contributed by atoms with van der Waals surface area (Å²) < 4.78 is 12.9. The molecular weight excluding hydrogens is 590 g/mol. The normalized spacial score (nSPS) is 16.5. The van der Waals surface area contributed by atoms with Crippen molar-refractivity contribution in [3.8, 4) is 39.9 Å². The van der Waals surface area contributed by atoms with Gasteiger partial charge in [0.2, 0.25) is 0 Å². The molecule has 2 aliphatic rings. The maximum absolute atomic E-state index is 6.53. The molecule has 226 valence electrons. The van der Waals surface area contributed by atoms with Crippen LogP contribution >= 0.6 is 0 Å². The molecule has 1 aliphatic carbocycles. The zero-order valence-corrected chi connectivity index (χ0v) is 25.7. The summed E-state index contributed by atoms with van der Waals surface area (Å²) >= 11 is 0. The number of ether oxygens (including phenoxy) is 1. The minimum Gasteiger partial charge on any atom is -0.485 e. The van der Waals surface area contributed by atoms with Gasteiger partial charge in [0, 0.05) is 33.4 Å². The van der Waals surface area contributed by atoms with E-state index in [0.717, 1.165) is 49.9 Å². The summed E-state index contributed by atoms with van der Waals surface area (Å²) in [5.74, 6) is 2.62. The van der Waals surface area contributed by atoms with Gasteiger partial charge in [0.05, 0.1) is 5.56 Å². The monoisotopic (exact) mass is 617 g/mol. The summed E-state index contributed by atoms with van der Waals surface area (Å²) in [6.45, 7) is 0. The van der Waals surface area contributed by atoms with Crippen molar-refractivity contribution in [3.63, 3.8) is 0 Å². The van der Waals surface area contributed by atoms with Crippen molar-refractivity contribution in [2.75, 3.05) is 0 Å². The summed E-state index contributed by atoms with van der Waals surface area (Å²) in [6, 6.07) is 45.6. The fourth-order valence-electron chi connectivity index (χ4n) is 7.17. The summed E-state index contributed by atoms with van der Waals surface area (Å²) in [6.07, 6.45) is 6.58. The highest BCUT2D eigenvalue weighted by Gasteiger charge is 2.36. The quantitative estimate of drug-likeness (QED) is 0.197. The van der Waals surface area contributed by atoms with Crippen LogP contribution in [0.4, 0.5) is 0 Å². The van der Waals surface area contributed by atoms with Crippen molar-refractivity contribution in [1.29, 1.82) is 0 Å². The Hall–Kier alpha value is -6.33. The van der Waals surface area contributed by atoms with Crippen LogP contribution in [0.2, 0.25) is 0 Å². The first kappa shape index (κ1) is 26.8. The summed E-state index contributed by atoms with van der Waals surface area (Å²) in [4.78, 5) is 15.3. The summed E-state index contributed by atoms with van der Waals surface area (Å²) in [5, 5.41) is 4.55. The lowest BCUT2D eigenvalue weighted by atomic mass is 9.84. The van der Waals surface area contributed by atoms with E-state index in [0.29, 0.717) is 17.5 Å². The van der Waals surface area contributed by atoms with Crippen LogP contribution in [-0.2, 0) is 0 Å². The van der Waals surface area contributed by atoms with Crippen LogP contribution in [0.15, 0.2) is 156 Å². The zero-order chi connectivity index (χ0) is 31.6. The fourth-order valence-corrected chi connectivity index (χ4v) is 7.17. The molecule has 2 unspecified atom stereocenters. The van der Waals surface area contributed by atoms with Gasteiger partial charge in [-0.1, -0.05) is 121 Å². The first-order valence-corrected chi connectivity index (χ1v) is 16.2. The van der Waals surface area contributed by atoms with E-state index >= 15 is 0 Å². The summed E-state index contributed by atoms with van der Waals surface area (Å²) in [5.41, 5.74) is 7.71. The molecule has 0 saturated heterocycles. The average molecular weight is 618 g/mol. The van der Waals surface area contributed by atoms with E-state index in [4.69, 9.17) is 24.1 Å². The number of allylic oxidation sites excluding steroid dienone is 2. The van der Waals surface area contributed by atoms with E-state index in [2.05, 4.69) is 78.9 Å². The highest BCUT2D eigenvalue weighted by molar-refractivity contribution is 6.09. The SMILES string of the molecule is C1=CC2Oc3cccc(-c4nc(-c5ccccc5)nc(-c5cccc6c5oc5ccccc56)n4)c3C2C=C1c1ccc2ccccc2c1. The van der Waals surface area contributed by atoms with E-state index in [9.17, 15) is 0 Å². The standard InChI is InChI=1S/C43H27N3O2/c1-2-11-27(12-3-1)41-44-42(46-43(45-41)34-17-8-15-32-31-14-6-7-18-36(31)48-40(32)34)33-16-9-19-38-39(33)35-25-30(22-23-37(35)47-38)29-21-20-26-10-4-5-13-28(26)24-29/h1-25,35,37H. The molecule has 5 heteroatoms. The Morgan fingerprint density at radius 2 is 1.27 bits per heavy atom. The maximum Gasteiger partial charge on any atom is 0.167 e. The van der Waals surface area contributed by atoms with Crippen molar-refractivity contribution in [1.82, 2.24) is 15.0 Å². The second kappa shape index (κ2) is 10.6. The van der Waals surface area contributed by atoms with Gasteiger partial charge >= 0.3 is 0 Å². The van der Waals surface area contributed by atoms with Gasteiger partial charge in [0.15, 0.2) is 17.5 Å². The lowest BCUT2D eigenvalue weighted by molar-refractivity contribution is 0.269. The first-order chi connectivity index (χ1) is 23.8. The van der Waals surface area contributed by atoms with E-state index < -0.39 is 0 Å². The number of benzene rings is 6. The predicted octanol–water partition coefficient (Wildman–Crippen LogP) is 10.4. The van der Waals surface area contributed by atoms with Gasteiger partial charge in [-0.25, -0.2) is 15.0 Å². The van der Waals surface area contributed by atoms with Gasteiger partial charge in [0.1, 0.15) is 23.0 Å². The molecular formula is C43H27N3O2. The van der Waals surface area contributed by atoms with Crippen LogP contribution < -0.4 is 4.74 Å². The van der Waals surface area contributed by atoms with Gasteiger partial charge in [-0.2, -0.15) is 0 Å². The second-order valence-corrected chi connectivity index (χ2v) is 12.3. The predicted molar refractivity (Wildman–Crippen MR) is 192 cm³/mol. The maximum atomic E-state index is 6.53. The molecule has 0 N–H and O–H groups in total. The summed E-state index contributed by atoms with van der Waals surface area (Å²) in [7, 11) is 0. The molecule has 10 rings (SSSR count). The Kier molecular flexibility index (Phi) is 5.93. The number of furan rings is 1. The minimum absolute atomic E-state index is 0.00173. The number of nitrogens with zero attached hydrogens (tertiary/aromatic N) is 3. The van der Waals surface area contributed by atoms with Gasteiger partial charge in [-0.15, -0.1) is 0 Å². The van der Waals surface area contributed by atoms with E-state index in [1.54, 1.807) is 0 Å². The lowest BCUT2D eigenvalue weighted by Crippen LogP contribution is -2.17. The van der Waals surface area contributed by atoms with Gasteiger partial charge in [-0.05, 0) is 52.3 Å². The Morgan fingerprint density at radius 1 is 0.542 bits per heavy atom. The highest BCUT2D eigenvalue weighted by atomic mass is 16.5. The number of hydrogen-bond acceptors (Lipinski definition) is 5. The van der Waals surface area contributed by atoms with Crippen molar-refractivity contribution in [2.45, 2.75) is 12.0 Å². The third-order valence-corrected chi connectivity index (χ3v) is 9.48. The minimum atomic E-state index is -0.107. The van der Waals surface area contributed by atoms with E-state index in [-0.39, 0.29) is 12.0 Å². The number of rotatable bonds is 4. The van der Waals surface area contributed by atoms with Crippen LogP contribution in [0.5, 0.6) is 5.75 Å². The van der Waals surface area contributed by atoms with Gasteiger partial charge < -0.3 is 9.15 Å². The van der Waals surface area contributed by atoms with E-state index in [1.807, 2.05) is 72.8 Å². The van der Waals surface area contributed by atoms with Crippen molar-refractivity contribution in [2.24, 2.45) is 0 Å². The Morgan fingerprint density at radius 3 is 2.19 bits per heavy atom. The molecule has 2 atom stereocenters. The molecule has 0 radical (unpaired) electrons. The molecule has 0 saturated carbocycles. The molecule has 1 aliphatic heterocycles. The van der Waals surface area contributed by atoms with Gasteiger partial charge in [0.25, 0.3) is 0 Å². The van der Waals surface area contributed by atoms with E-state index in [1.165, 1.54) is 21.9 Å². The number of hydrogen-bond donors (Lipinski definition) is 0. The molecule has 48 heavy (non-hydrogen) atoms. The Labute approximate surface area is 276 Å². The highest BCUT2D eigenvalue weighted by Crippen LogP contribution is 2.48. The fraction of sp³-hybridized carbons (Fsp3) is 0.0465. The molecule has 0 bridgehead atoms. The topological polar surface area (TPSA) is 61.0 Å². The smallest absolute Gasteiger partial charge is 0.167 e. The Bertz CT molecular complexity index is 2620. The van der Waals surface area contributed by atoms with Crippen molar-refractivity contribution < 1.29 is 9.15 Å². The molecule has 5 nitrogen and oxygen atoms in total. The number of para-hydroxylation sites is 2. The molecule has 0 spiro atoms. The van der Waals surface area contributed by atoms with Crippen LogP contribution in [0.1, 0.15) is 17.0 Å². The zero-order valence-electron chi connectivity index (χ0n) is 25.7. The Balaban J connectivity index is 1.15. The van der Waals surface area contributed by atoms with Crippen LogP contribution in [0, 0.1) is 0 Å². The molecule has 0 amide bonds. The largest absolute Gasteiger partial charge is 0.485 e. The molecule has 3 heterocycles. The average Bonchev–Trinajstić information content (AvgIpc) is 3.73. The number of fused-ring (bicyclic) bond motifs is 7. The second-order valence-electron chi connectivity index (χ2n) is 12.3. The molecule has 0 fully saturated rings. The number of aromatic nitrogens is 3.